The predicted molar refractivity (Wildman–Crippen MR) is 59.9 cm³/mol. The van der Waals surface area contributed by atoms with Gasteiger partial charge in [0, 0.05) is 0 Å². The number of nitrogen functional groups attached to an aromatic ring is 1. The molecule has 0 unspecified atom stereocenters. The number of hydrogen-bond donors (Lipinski definition) is 1. The molecule has 2 N–H and O–H groups in total. The van der Waals surface area contributed by atoms with E-state index >= 15 is 0 Å². The molecule has 0 spiro atoms. The van der Waals surface area contributed by atoms with Gasteiger partial charge < -0.3 is 10.5 Å². The summed E-state index contributed by atoms with van der Waals surface area (Å²) in [4.78, 5) is 19.8. The lowest BCUT2D eigenvalue weighted by Crippen LogP contribution is -2.05. The zero-order chi connectivity index (χ0) is 13.0. The molecule has 1 aromatic rings. The van der Waals surface area contributed by atoms with E-state index in [0.717, 1.165) is 0 Å². The highest BCUT2D eigenvalue weighted by Crippen LogP contribution is 2.40. The molecule has 0 fully saturated rings. The topological polar surface area (TPSA) is 122 Å². The van der Waals surface area contributed by atoms with Crippen molar-refractivity contribution in [2.24, 2.45) is 0 Å². The van der Waals surface area contributed by atoms with Crippen molar-refractivity contribution >= 4 is 17.1 Å². The third kappa shape index (κ3) is 2.60. The van der Waals surface area contributed by atoms with Crippen LogP contribution in [0.1, 0.15) is 13.3 Å². The van der Waals surface area contributed by atoms with E-state index in [-0.39, 0.29) is 18.0 Å². The van der Waals surface area contributed by atoms with E-state index in [4.69, 9.17) is 10.5 Å². The van der Waals surface area contributed by atoms with Crippen LogP contribution in [0.3, 0.4) is 0 Å². The zero-order valence-corrected chi connectivity index (χ0v) is 9.08. The van der Waals surface area contributed by atoms with E-state index in [0.29, 0.717) is 6.42 Å². The number of nitro benzene ring substituents is 2. The van der Waals surface area contributed by atoms with E-state index in [1.807, 2.05) is 6.92 Å². The monoisotopic (exact) mass is 241 g/mol. The first kappa shape index (κ1) is 12.7. The second kappa shape index (κ2) is 5.10. The number of rotatable bonds is 5. The van der Waals surface area contributed by atoms with Crippen LogP contribution in [0, 0.1) is 20.2 Å². The highest BCUT2D eigenvalue weighted by molar-refractivity contribution is 5.74. The highest BCUT2D eigenvalue weighted by Gasteiger charge is 2.32. The molecule has 0 saturated heterocycles. The van der Waals surface area contributed by atoms with Gasteiger partial charge in [0.2, 0.25) is 5.75 Å². The van der Waals surface area contributed by atoms with Crippen LogP contribution in [-0.4, -0.2) is 16.5 Å². The molecule has 0 aliphatic rings. The third-order valence-corrected chi connectivity index (χ3v) is 1.97. The number of nitrogens with zero attached hydrogens (tertiary/aromatic N) is 2. The second-order valence-corrected chi connectivity index (χ2v) is 3.21. The van der Waals surface area contributed by atoms with Gasteiger partial charge in [-0.3, -0.25) is 20.2 Å². The summed E-state index contributed by atoms with van der Waals surface area (Å²) < 4.78 is 5.09. The van der Waals surface area contributed by atoms with E-state index < -0.39 is 21.2 Å². The number of anilines is 1. The number of hydrogen-bond acceptors (Lipinski definition) is 6. The van der Waals surface area contributed by atoms with E-state index in [9.17, 15) is 20.2 Å². The predicted octanol–water partition coefficient (Wildman–Crippen LogP) is 1.87. The molecule has 0 atom stereocenters. The Bertz CT molecular complexity index is 460. The molecule has 0 aliphatic heterocycles. The fraction of sp³-hybridized carbons (Fsp3) is 0.333. The van der Waals surface area contributed by atoms with Crippen LogP contribution in [0.4, 0.5) is 17.1 Å². The lowest BCUT2D eigenvalue weighted by Gasteiger charge is -2.06. The van der Waals surface area contributed by atoms with Crippen LogP contribution >= 0.6 is 0 Å². The van der Waals surface area contributed by atoms with Crippen molar-refractivity contribution in [3.8, 4) is 5.75 Å². The number of ether oxygens (including phenoxy) is 1. The van der Waals surface area contributed by atoms with Crippen LogP contribution in [0.25, 0.3) is 0 Å². The van der Waals surface area contributed by atoms with Gasteiger partial charge >= 0.3 is 11.4 Å². The highest BCUT2D eigenvalue weighted by atomic mass is 16.6. The van der Waals surface area contributed by atoms with Gasteiger partial charge in [0.25, 0.3) is 0 Å². The van der Waals surface area contributed by atoms with Crippen LogP contribution in [-0.2, 0) is 0 Å². The maximum absolute atomic E-state index is 10.8. The molecular weight excluding hydrogens is 230 g/mol. The minimum absolute atomic E-state index is 0.141. The van der Waals surface area contributed by atoms with Gasteiger partial charge in [-0.2, -0.15) is 0 Å². The van der Waals surface area contributed by atoms with Crippen LogP contribution in [0.2, 0.25) is 0 Å². The molecule has 1 rings (SSSR count). The minimum Gasteiger partial charge on any atom is -0.487 e. The van der Waals surface area contributed by atoms with Crippen LogP contribution < -0.4 is 10.5 Å². The molecule has 92 valence electrons. The molecular formula is C9H11N3O5. The average molecular weight is 241 g/mol. The standard InChI is InChI=1S/C9H11N3O5/c1-2-5-17-7-4-3-6(10)8(11(13)14)9(7)12(15)16/h3-4H,2,5,10H2,1H3. The van der Waals surface area contributed by atoms with Crippen molar-refractivity contribution < 1.29 is 14.6 Å². The third-order valence-electron chi connectivity index (χ3n) is 1.97. The minimum atomic E-state index is -0.883. The van der Waals surface area contributed by atoms with Crippen molar-refractivity contribution in [1.29, 1.82) is 0 Å². The molecule has 0 heterocycles. The SMILES string of the molecule is CCCOc1ccc(N)c([N+](=O)[O-])c1[N+](=O)[O-]. The summed E-state index contributed by atoms with van der Waals surface area (Å²) in [6.45, 7) is 2.06. The Morgan fingerprint density at radius 1 is 1.24 bits per heavy atom. The van der Waals surface area contributed by atoms with Crippen molar-refractivity contribution in [3.05, 3.63) is 32.4 Å². The summed E-state index contributed by atoms with van der Waals surface area (Å²) in [7, 11) is 0. The summed E-state index contributed by atoms with van der Waals surface area (Å²) in [5.41, 5.74) is 3.66. The number of nitro groups is 2. The zero-order valence-electron chi connectivity index (χ0n) is 9.08. The van der Waals surface area contributed by atoms with Gasteiger partial charge in [0.15, 0.2) is 0 Å². The largest absolute Gasteiger partial charge is 0.487 e. The molecule has 8 nitrogen and oxygen atoms in total. The number of nitrogens with two attached hydrogens (primary N) is 1. The van der Waals surface area contributed by atoms with Crippen molar-refractivity contribution in [1.82, 2.24) is 0 Å². The maximum Gasteiger partial charge on any atom is 0.389 e. The molecule has 0 bridgehead atoms. The molecule has 0 radical (unpaired) electrons. The fourth-order valence-electron chi connectivity index (χ4n) is 1.27. The Kier molecular flexibility index (Phi) is 3.81. The first-order valence-electron chi connectivity index (χ1n) is 4.83. The first-order chi connectivity index (χ1) is 7.99. The summed E-state index contributed by atoms with van der Waals surface area (Å²) in [6.07, 6.45) is 0.634. The van der Waals surface area contributed by atoms with Crippen LogP contribution in [0.5, 0.6) is 5.75 Å². The van der Waals surface area contributed by atoms with E-state index in [1.54, 1.807) is 0 Å². The van der Waals surface area contributed by atoms with E-state index in [1.165, 1.54) is 12.1 Å². The molecule has 0 aliphatic carbocycles. The maximum atomic E-state index is 10.8. The van der Waals surface area contributed by atoms with E-state index in [2.05, 4.69) is 0 Å². The van der Waals surface area contributed by atoms with Gasteiger partial charge in [0.1, 0.15) is 5.69 Å². The lowest BCUT2D eigenvalue weighted by molar-refractivity contribution is -0.422. The molecule has 0 aromatic heterocycles. The van der Waals surface area contributed by atoms with Crippen molar-refractivity contribution in [2.75, 3.05) is 12.3 Å². The van der Waals surface area contributed by atoms with Crippen molar-refractivity contribution in [3.63, 3.8) is 0 Å². The Hall–Kier alpha value is -2.38. The Morgan fingerprint density at radius 3 is 2.29 bits per heavy atom. The van der Waals surface area contributed by atoms with Gasteiger partial charge in [-0.1, -0.05) is 6.92 Å². The summed E-state index contributed by atoms with van der Waals surface area (Å²) in [5.74, 6) is -0.141. The summed E-state index contributed by atoms with van der Waals surface area (Å²) >= 11 is 0. The smallest absolute Gasteiger partial charge is 0.389 e. The average Bonchev–Trinajstić information content (AvgIpc) is 2.26. The Balaban J connectivity index is 3.36. The molecule has 0 saturated carbocycles. The first-order valence-corrected chi connectivity index (χ1v) is 4.83. The normalized spacial score (nSPS) is 9.94. The summed E-state index contributed by atoms with van der Waals surface area (Å²) in [6, 6.07) is 2.48. The second-order valence-electron chi connectivity index (χ2n) is 3.21. The summed E-state index contributed by atoms with van der Waals surface area (Å²) in [5, 5.41) is 21.6. The fourth-order valence-corrected chi connectivity index (χ4v) is 1.27. The van der Waals surface area contributed by atoms with Gasteiger partial charge in [0.05, 0.1) is 16.5 Å². The number of benzene rings is 1. The molecule has 8 heteroatoms. The van der Waals surface area contributed by atoms with Crippen molar-refractivity contribution in [2.45, 2.75) is 13.3 Å². The molecule has 0 amide bonds. The van der Waals surface area contributed by atoms with Gasteiger partial charge in [-0.25, -0.2) is 0 Å². The lowest BCUT2D eigenvalue weighted by atomic mass is 10.2. The van der Waals surface area contributed by atoms with Gasteiger partial charge in [-0.15, -0.1) is 0 Å². The van der Waals surface area contributed by atoms with Gasteiger partial charge in [-0.05, 0) is 18.6 Å². The quantitative estimate of drug-likeness (QED) is 0.477. The van der Waals surface area contributed by atoms with Crippen LogP contribution in [0.15, 0.2) is 12.1 Å². The molecule has 17 heavy (non-hydrogen) atoms. The Morgan fingerprint density at radius 2 is 1.82 bits per heavy atom. The Labute approximate surface area is 96.3 Å². The molecule has 1 aromatic carbocycles.